The molecule has 4 nitrogen and oxygen atoms in total. The molecule has 0 fully saturated rings. The minimum absolute atomic E-state index is 0.217. The van der Waals surface area contributed by atoms with E-state index in [1.165, 1.54) is 0 Å². The van der Waals surface area contributed by atoms with Gasteiger partial charge in [0.2, 0.25) is 6.79 Å². The Labute approximate surface area is 125 Å². The normalized spacial score (nSPS) is 13.6. The molecule has 2 aromatic carbocycles. The molecular weight excluding hydrogens is 320 g/mol. The van der Waals surface area contributed by atoms with E-state index < -0.39 is 6.04 Å². The van der Waals surface area contributed by atoms with Crippen LogP contribution < -0.4 is 14.8 Å². The molecule has 1 atom stereocenters. The standard InChI is InChI=1S/C15H11BrN2O2/c16-12-7-15-14(19-9-20-15)6-11(12)13(8-17)18-10-4-2-1-3-5-10/h1-7,13,18H,9H2. The fourth-order valence-corrected chi connectivity index (χ4v) is 2.59. The minimum atomic E-state index is -0.471. The number of nitrogens with zero attached hydrogens (tertiary/aromatic N) is 1. The molecule has 1 N–H and O–H groups in total. The predicted molar refractivity (Wildman–Crippen MR) is 78.7 cm³/mol. The molecule has 0 spiro atoms. The molecule has 2 aromatic rings. The topological polar surface area (TPSA) is 54.3 Å². The van der Waals surface area contributed by atoms with Crippen molar-refractivity contribution in [3.8, 4) is 17.6 Å². The molecule has 1 heterocycles. The van der Waals surface area contributed by atoms with Gasteiger partial charge in [-0.3, -0.25) is 0 Å². The van der Waals surface area contributed by atoms with Gasteiger partial charge in [0.15, 0.2) is 11.5 Å². The lowest BCUT2D eigenvalue weighted by Gasteiger charge is -2.15. The summed E-state index contributed by atoms with van der Waals surface area (Å²) in [6.07, 6.45) is 0. The first-order chi connectivity index (χ1) is 9.78. The third-order valence-corrected chi connectivity index (χ3v) is 3.70. The molecule has 0 saturated heterocycles. The Bertz CT molecular complexity index is 668. The van der Waals surface area contributed by atoms with Crippen LogP contribution in [0.3, 0.4) is 0 Å². The average Bonchev–Trinajstić information content (AvgIpc) is 2.92. The molecule has 1 aliphatic heterocycles. The fraction of sp³-hybridized carbons (Fsp3) is 0.133. The average molecular weight is 331 g/mol. The Kier molecular flexibility index (Phi) is 3.48. The first-order valence-corrected chi connectivity index (χ1v) is 6.87. The van der Waals surface area contributed by atoms with E-state index in [0.717, 1.165) is 15.7 Å². The summed E-state index contributed by atoms with van der Waals surface area (Å²) in [5, 5.41) is 12.6. The quantitative estimate of drug-likeness (QED) is 0.928. The van der Waals surface area contributed by atoms with Crippen molar-refractivity contribution < 1.29 is 9.47 Å². The van der Waals surface area contributed by atoms with Gasteiger partial charge in [0, 0.05) is 15.7 Å². The first kappa shape index (κ1) is 12.8. The number of hydrogen-bond donors (Lipinski definition) is 1. The molecule has 1 aliphatic rings. The third-order valence-electron chi connectivity index (χ3n) is 3.02. The smallest absolute Gasteiger partial charge is 0.231 e. The second-order valence-corrected chi connectivity index (χ2v) is 5.15. The maximum absolute atomic E-state index is 9.41. The largest absolute Gasteiger partial charge is 0.454 e. The van der Waals surface area contributed by atoms with Gasteiger partial charge < -0.3 is 14.8 Å². The van der Waals surface area contributed by atoms with Crippen LogP contribution in [-0.4, -0.2) is 6.79 Å². The van der Waals surface area contributed by atoms with Crippen molar-refractivity contribution in [3.05, 3.63) is 52.5 Å². The summed E-state index contributed by atoms with van der Waals surface area (Å²) >= 11 is 3.48. The zero-order valence-corrected chi connectivity index (χ0v) is 12.1. The summed E-state index contributed by atoms with van der Waals surface area (Å²) in [5.41, 5.74) is 1.71. The van der Waals surface area contributed by atoms with Crippen LogP contribution >= 0.6 is 15.9 Å². The molecule has 0 aliphatic carbocycles. The number of nitriles is 1. The molecule has 0 aromatic heterocycles. The van der Waals surface area contributed by atoms with E-state index >= 15 is 0 Å². The Morgan fingerprint density at radius 1 is 1.15 bits per heavy atom. The number of benzene rings is 2. The van der Waals surface area contributed by atoms with Crippen LogP contribution in [-0.2, 0) is 0 Å². The van der Waals surface area contributed by atoms with Crippen LogP contribution in [0.15, 0.2) is 46.9 Å². The summed E-state index contributed by atoms with van der Waals surface area (Å²) < 4.78 is 11.5. The zero-order valence-electron chi connectivity index (χ0n) is 10.5. The van der Waals surface area contributed by atoms with Crippen molar-refractivity contribution in [2.45, 2.75) is 6.04 Å². The van der Waals surface area contributed by atoms with Gasteiger partial charge in [-0.1, -0.05) is 34.1 Å². The number of halogens is 1. The molecular formula is C15H11BrN2O2. The van der Waals surface area contributed by atoms with E-state index in [0.29, 0.717) is 11.5 Å². The number of hydrogen-bond acceptors (Lipinski definition) is 4. The summed E-state index contributed by atoms with van der Waals surface area (Å²) in [4.78, 5) is 0. The van der Waals surface area contributed by atoms with Crippen LogP contribution in [0.5, 0.6) is 11.5 Å². The zero-order chi connectivity index (χ0) is 13.9. The van der Waals surface area contributed by atoms with Crippen molar-refractivity contribution in [2.24, 2.45) is 0 Å². The number of rotatable bonds is 3. The van der Waals surface area contributed by atoms with Gasteiger partial charge in [0.05, 0.1) is 6.07 Å². The van der Waals surface area contributed by atoms with Crippen LogP contribution in [0, 0.1) is 11.3 Å². The number of para-hydroxylation sites is 1. The highest BCUT2D eigenvalue weighted by atomic mass is 79.9. The Hall–Kier alpha value is -2.19. The third kappa shape index (κ3) is 2.43. The maximum atomic E-state index is 9.41. The van der Waals surface area contributed by atoms with Crippen molar-refractivity contribution in [1.29, 1.82) is 5.26 Å². The lowest BCUT2D eigenvalue weighted by atomic mass is 10.1. The van der Waals surface area contributed by atoms with Gasteiger partial charge in [0.25, 0.3) is 0 Å². The Balaban J connectivity index is 1.92. The predicted octanol–water partition coefficient (Wildman–Crippen LogP) is 3.85. The van der Waals surface area contributed by atoms with Crippen LogP contribution in [0.2, 0.25) is 0 Å². The molecule has 0 amide bonds. The molecule has 0 radical (unpaired) electrons. The van der Waals surface area contributed by atoms with Gasteiger partial charge in [-0.15, -0.1) is 0 Å². The van der Waals surface area contributed by atoms with Crippen molar-refractivity contribution in [2.75, 3.05) is 12.1 Å². The number of fused-ring (bicyclic) bond motifs is 1. The molecule has 0 bridgehead atoms. The lowest BCUT2D eigenvalue weighted by molar-refractivity contribution is 0.174. The monoisotopic (exact) mass is 330 g/mol. The number of ether oxygens (including phenoxy) is 2. The van der Waals surface area contributed by atoms with E-state index in [9.17, 15) is 5.26 Å². The fourth-order valence-electron chi connectivity index (χ4n) is 2.03. The van der Waals surface area contributed by atoms with Crippen LogP contribution in [0.25, 0.3) is 0 Å². The van der Waals surface area contributed by atoms with Crippen molar-refractivity contribution in [1.82, 2.24) is 0 Å². The van der Waals surface area contributed by atoms with Crippen LogP contribution in [0.4, 0.5) is 5.69 Å². The van der Waals surface area contributed by atoms with Gasteiger partial charge in [-0.05, 0) is 24.3 Å². The molecule has 1 unspecified atom stereocenters. The maximum Gasteiger partial charge on any atom is 0.231 e. The van der Waals surface area contributed by atoms with Crippen LogP contribution in [0.1, 0.15) is 11.6 Å². The number of anilines is 1. The number of nitrogens with one attached hydrogen (secondary N) is 1. The lowest BCUT2D eigenvalue weighted by Crippen LogP contribution is -2.09. The van der Waals surface area contributed by atoms with Gasteiger partial charge >= 0.3 is 0 Å². The summed E-state index contributed by atoms with van der Waals surface area (Å²) in [6.45, 7) is 0.217. The van der Waals surface area contributed by atoms with Gasteiger partial charge in [0.1, 0.15) is 6.04 Å². The van der Waals surface area contributed by atoms with Crippen molar-refractivity contribution in [3.63, 3.8) is 0 Å². The first-order valence-electron chi connectivity index (χ1n) is 6.08. The van der Waals surface area contributed by atoms with E-state index in [1.807, 2.05) is 42.5 Å². The summed E-state index contributed by atoms with van der Waals surface area (Å²) in [7, 11) is 0. The highest BCUT2D eigenvalue weighted by Gasteiger charge is 2.21. The van der Waals surface area contributed by atoms with Crippen molar-refractivity contribution >= 4 is 21.6 Å². The Morgan fingerprint density at radius 2 is 1.85 bits per heavy atom. The Morgan fingerprint density at radius 3 is 2.55 bits per heavy atom. The molecule has 0 saturated carbocycles. The second kappa shape index (κ2) is 5.43. The highest BCUT2D eigenvalue weighted by Crippen LogP contribution is 2.39. The summed E-state index contributed by atoms with van der Waals surface area (Å²) in [6, 6.07) is 15.1. The van der Waals surface area contributed by atoms with Gasteiger partial charge in [-0.25, -0.2) is 0 Å². The minimum Gasteiger partial charge on any atom is -0.454 e. The molecule has 100 valence electrons. The molecule has 3 rings (SSSR count). The molecule has 5 heteroatoms. The molecule has 20 heavy (non-hydrogen) atoms. The highest BCUT2D eigenvalue weighted by molar-refractivity contribution is 9.10. The van der Waals surface area contributed by atoms with E-state index in [1.54, 1.807) is 0 Å². The summed E-state index contributed by atoms with van der Waals surface area (Å²) in [5.74, 6) is 1.36. The van der Waals surface area contributed by atoms with E-state index in [2.05, 4.69) is 27.3 Å². The van der Waals surface area contributed by atoms with E-state index in [-0.39, 0.29) is 6.79 Å². The SMILES string of the molecule is N#CC(Nc1ccccc1)c1cc2c(cc1Br)OCO2. The van der Waals surface area contributed by atoms with Gasteiger partial charge in [-0.2, -0.15) is 5.26 Å². The second-order valence-electron chi connectivity index (χ2n) is 4.30. The van der Waals surface area contributed by atoms with E-state index in [4.69, 9.17) is 9.47 Å².